The number of aryl methyl sites for hydroxylation is 1. The van der Waals surface area contributed by atoms with Crippen molar-refractivity contribution in [2.75, 3.05) is 11.9 Å². The smallest absolute Gasteiger partial charge is 0.0419 e. The maximum atomic E-state index is 3.38. The van der Waals surface area contributed by atoms with Gasteiger partial charge in [-0.3, -0.25) is 0 Å². The van der Waals surface area contributed by atoms with Crippen molar-refractivity contribution in [1.29, 1.82) is 0 Å². The van der Waals surface area contributed by atoms with Gasteiger partial charge in [-0.25, -0.2) is 0 Å². The van der Waals surface area contributed by atoms with E-state index in [0.29, 0.717) is 0 Å². The number of benzene rings is 2. The van der Waals surface area contributed by atoms with E-state index in [1.54, 1.807) is 0 Å². The maximum absolute atomic E-state index is 3.38. The third-order valence-electron chi connectivity index (χ3n) is 2.51. The van der Waals surface area contributed by atoms with Gasteiger partial charge in [0.05, 0.1) is 0 Å². The van der Waals surface area contributed by atoms with Gasteiger partial charge in [-0.1, -0.05) is 30.3 Å². The number of fused-ring (bicyclic) bond motifs is 1. The molecule has 0 saturated carbocycles. The van der Waals surface area contributed by atoms with Crippen LogP contribution in [-0.2, 0) is 0 Å². The van der Waals surface area contributed by atoms with Gasteiger partial charge in [0.25, 0.3) is 0 Å². The highest BCUT2D eigenvalue weighted by atomic mass is 14.9. The summed E-state index contributed by atoms with van der Waals surface area (Å²) in [5.41, 5.74) is 2.57. The topological polar surface area (TPSA) is 12.0 Å². The molecular formula is C13H15N. The summed E-state index contributed by atoms with van der Waals surface area (Å²) in [7, 11) is 0. The minimum Gasteiger partial charge on any atom is -0.385 e. The van der Waals surface area contributed by atoms with E-state index in [-0.39, 0.29) is 0 Å². The van der Waals surface area contributed by atoms with E-state index in [0.717, 1.165) is 6.54 Å². The summed E-state index contributed by atoms with van der Waals surface area (Å²) in [4.78, 5) is 0. The van der Waals surface area contributed by atoms with E-state index in [4.69, 9.17) is 0 Å². The van der Waals surface area contributed by atoms with Crippen molar-refractivity contribution in [2.24, 2.45) is 0 Å². The molecule has 0 radical (unpaired) electrons. The Hall–Kier alpha value is -1.50. The molecule has 0 aliphatic carbocycles. The maximum Gasteiger partial charge on any atom is 0.0419 e. The molecule has 0 atom stereocenters. The van der Waals surface area contributed by atoms with E-state index < -0.39 is 0 Å². The van der Waals surface area contributed by atoms with Crippen molar-refractivity contribution in [3.8, 4) is 0 Å². The van der Waals surface area contributed by atoms with Crippen LogP contribution in [0.3, 0.4) is 0 Å². The lowest BCUT2D eigenvalue weighted by atomic mass is 10.0. The number of nitrogens with one attached hydrogen (secondary N) is 1. The largest absolute Gasteiger partial charge is 0.385 e. The van der Waals surface area contributed by atoms with Crippen LogP contribution in [-0.4, -0.2) is 6.54 Å². The second-order valence-corrected chi connectivity index (χ2v) is 3.51. The summed E-state index contributed by atoms with van der Waals surface area (Å²) in [5, 5.41) is 6.03. The van der Waals surface area contributed by atoms with Gasteiger partial charge in [-0.05, 0) is 30.9 Å². The molecule has 2 aromatic carbocycles. The average molecular weight is 185 g/mol. The highest BCUT2D eigenvalue weighted by Gasteiger charge is 2.00. The highest BCUT2D eigenvalue weighted by molar-refractivity contribution is 5.95. The van der Waals surface area contributed by atoms with Gasteiger partial charge in [0.1, 0.15) is 0 Å². The molecule has 2 rings (SSSR count). The Morgan fingerprint density at radius 2 is 1.71 bits per heavy atom. The van der Waals surface area contributed by atoms with Crippen LogP contribution in [0.4, 0.5) is 5.69 Å². The number of anilines is 1. The lowest BCUT2D eigenvalue weighted by Crippen LogP contribution is -1.97. The van der Waals surface area contributed by atoms with Crippen molar-refractivity contribution < 1.29 is 0 Å². The first-order chi connectivity index (χ1) is 6.83. The standard InChI is InChI=1S/C13H15N/c1-3-14-13-9-5-7-11-10(2)6-4-8-12(11)13/h4-9,14H,3H2,1-2H3. The first kappa shape index (κ1) is 9.07. The molecule has 0 spiro atoms. The number of rotatable bonds is 2. The average Bonchev–Trinajstić information content (AvgIpc) is 2.20. The molecule has 0 aromatic heterocycles. The monoisotopic (exact) mass is 185 g/mol. The van der Waals surface area contributed by atoms with Gasteiger partial charge in [0, 0.05) is 17.6 Å². The first-order valence-electron chi connectivity index (χ1n) is 5.05. The summed E-state index contributed by atoms with van der Waals surface area (Å²) in [5.74, 6) is 0. The van der Waals surface area contributed by atoms with Crippen LogP contribution in [0.1, 0.15) is 12.5 Å². The zero-order valence-corrected chi connectivity index (χ0v) is 8.67. The van der Waals surface area contributed by atoms with E-state index >= 15 is 0 Å². The minimum atomic E-state index is 0.965. The molecule has 0 fully saturated rings. The molecule has 0 unspecified atom stereocenters. The number of hydrogen-bond donors (Lipinski definition) is 1. The number of hydrogen-bond acceptors (Lipinski definition) is 1. The van der Waals surface area contributed by atoms with E-state index in [9.17, 15) is 0 Å². The Labute approximate surface area is 84.8 Å². The Kier molecular flexibility index (Phi) is 2.40. The van der Waals surface area contributed by atoms with Crippen molar-refractivity contribution in [3.63, 3.8) is 0 Å². The van der Waals surface area contributed by atoms with Gasteiger partial charge >= 0.3 is 0 Å². The van der Waals surface area contributed by atoms with Crippen molar-refractivity contribution in [2.45, 2.75) is 13.8 Å². The molecule has 1 nitrogen and oxygen atoms in total. The summed E-state index contributed by atoms with van der Waals surface area (Å²) in [6.07, 6.45) is 0. The SMILES string of the molecule is CCNc1cccc2c(C)cccc12. The molecule has 0 heterocycles. The fourth-order valence-electron chi connectivity index (χ4n) is 1.81. The predicted molar refractivity (Wildman–Crippen MR) is 62.8 cm³/mol. The molecule has 2 aromatic rings. The molecule has 0 amide bonds. The Morgan fingerprint density at radius 3 is 2.50 bits per heavy atom. The summed E-state index contributed by atoms with van der Waals surface area (Å²) in [6.45, 7) is 5.24. The quantitative estimate of drug-likeness (QED) is 0.754. The molecule has 0 aliphatic rings. The Morgan fingerprint density at radius 1 is 1.00 bits per heavy atom. The highest BCUT2D eigenvalue weighted by Crippen LogP contribution is 2.25. The molecule has 0 aliphatic heterocycles. The van der Waals surface area contributed by atoms with Crippen LogP contribution in [0.25, 0.3) is 10.8 Å². The Bertz CT molecular complexity index is 446. The van der Waals surface area contributed by atoms with E-state index in [2.05, 4.69) is 55.6 Å². The molecule has 72 valence electrons. The molecule has 14 heavy (non-hydrogen) atoms. The molecule has 1 N–H and O–H groups in total. The summed E-state index contributed by atoms with van der Waals surface area (Å²) in [6, 6.07) is 12.8. The molecular weight excluding hydrogens is 170 g/mol. The fraction of sp³-hybridized carbons (Fsp3) is 0.231. The summed E-state index contributed by atoms with van der Waals surface area (Å²) >= 11 is 0. The van der Waals surface area contributed by atoms with E-state index in [1.807, 2.05) is 0 Å². The second-order valence-electron chi connectivity index (χ2n) is 3.51. The molecule has 1 heteroatoms. The zero-order valence-electron chi connectivity index (χ0n) is 8.67. The van der Waals surface area contributed by atoms with Crippen LogP contribution >= 0.6 is 0 Å². The van der Waals surface area contributed by atoms with Crippen LogP contribution < -0.4 is 5.32 Å². The van der Waals surface area contributed by atoms with Crippen molar-refractivity contribution >= 4 is 16.5 Å². The van der Waals surface area contributed by atoms with Crippen LogP contribution in [0, 0.1) is 6.92 Å². The zero-order chi connectivity index (χ0) is 9.97. The fourth-order valence-corrected chi connectivity index (χ4v) is 1.81. The predicted octanol–water partition coefficient (Wildman–Crippen LogP) is 3.58. The van der Waals surface area contributed by atoms with E-state index in [1.165, 1.54) is 22.0 Å². The lowest BCUT2D eigenvalue weighted by molar-refractivity contribution is 1.22. The third-order valence-corrected chi connectivity index (χ3v) is 2.51. The minimum absolute atomic E-state index is 0.965. The lowest BCUT2D eigenvalue weighted by Gasteiger charge is -2.08. The van der Waals surface area contributed by atoms with Crippen LogP contribution in [0.2, 0.25) is 0 Å². The molecule has 0 bridgehead atoms. The van der Waals surface area contributed by atoms with Gasteiger partial charge in [-0.15, -0.1) is 0 Å². The van der Waals surface area contributed by atoms with Crippen LogP contribution in [0.5, 0.6) is 0 Å². The van der Waals surface area contributed by atoms with Crippen molar-refractivity contribution in [1.82, 2.24) is 0 Å². The Balaban J connectivity index is 2.68. The van der Waals surface area contributed by atoms with Gasteiger partial charge in [0.15, 0.2) is 0 Å². The van der Waals surface area contributed by atoms with Gasteiger partial charge in [0.2, 0.25) is 0 Å². The van der Waals surface area contributed by atoms with Crippen molar-refractivity contribution in [3.05, 3.63) is 42.0 Å². The first-order valence-corrected chi connectivity index (χ1v) is 5.05. The van der Waals surface area contributed by atoms with Crippen LogP contribution in [0.15, 0.2) is 36.4 Å². The molecule has 0 saturated heterocycles. The summed E-state index contributed by atoms with van der Waals surface area (Å²) < 4.78 is 0. The second kappa shape index (κ2) is 3.70. The van der Waals surface area contributed by atoms with Gasteiger partial charge < -0.3 is 5.32 Å². The third kappa shape index (κ3) is 1.46. The normalized spacial score (nSPS) is 10.4. The van der Waals surface area contributed by atoms with Gasteiger partial charge in [-0.2, -0.15) is 0 Å².